The van der Waals surface area contributed by atoms with Gasteiger partial charge in [-0.3, -0.25) is 0 Å². The average molecular weight is 249 g/mol. The number of carbonyl (C=O) groups is 1. The van der Waals surface area contributed by atoms with Crippen LogP contribution in [-0.4, -0.2) is 32.9 Å². The zero-order valence-electron chi connectivity index (χ0n) is 11.0. The Hall–Kier alpha value is -1.85. The van der Waals surface area contributed by atoms with Crippen molar-refractivity contribution in [2.75, 3.05) is 6.54 Å². The highest BCUT2D eigenvalue weighted by atomic mass is 16.2. The summed E-state index contributed by atoms with van der Waals surface area (Å²) in [5, 5.41) is 0. The topological polar surface area (TPSA) is 76.5 Å². The molecule has 6 heteroatoms. The van der Waals surface area contributed by atoms with Crippen molar-refractivity contribution < 1.29 is 4.79 Å². The minimum absolute atomic E-state index is 0.254. The molecule has 1 aliphatic rings. The van der Waals surface area contributed by atoms with Crippen LogP contribution in [0.5, 0.6) is 0 Å². The number of aromatic nitrogens is 2. The number of imidazole rings is 1. The van der Waals surface area contributed by atoms with Gasteiger partial charge in [0.1, 0.15) is 11.9 Å². The number of urea groups is 1. The largest absolute Gasteiger partial charge is 0.385 e. The molecule has 2 rings (SSSR count). The molecule has 1 aliphatic heterocycles. The van der Waals surface area contributed by atoms with Crippen LogP contribution in [0.25, 0.3) is 0 Å². The second-order valence-electron chi connectivity index (χ2n) is 4.73. The van der Waals surface area contributed by atoms with E-state index in [1.807, 2.05) is 11.5 Å². The van der Waals surface area contributed by atoms with Crippen molar-refractivity contribution >= 4 is 11.9 Å². The molecule has 2 N–H and O–H groups in total. The number of aliphatic imine (C=N–C) groups is 1. The fraction of sp³-hybridized carbons (Fsp3) is 0.583. The first-order valence-electron chi connectivity index (χ1n) is 6.22. The molecule has 0 aliphatic carbocycles. The van der Waals surface area contributed by atoms with E-state index in [-0.39, 0.29) is 18.1 Å². The zero-order chi connectivity index (χ0) is 13.3. The molecule has 0 fully saturated rings. The summed E-state index contributed by atoms with van der Waals surface area (Å²) in [7, 11) is 0. The summed E-state index contributed by atoms with van der Waals surface area (Å²) in [6.45, 7) is 6.81. The first kappa shape index (κ1) is 12.6. The van der Waals surface area contributed by atoms with Gasteiger partial charge in [-0.2, -0.15) is 4.99 Å². The lowest BCUT2D eigenvalue weighted by Gasteiger charge is -2.25. The molecule has 98 valence electrons. The highest BCUT2D eigenvalue weighted by Gasteiger charge is 2.36. The number of amidine groups is 1. The van der Waals surface area contributed by atoms with Gasteiger partial charge in [0.25, 0.3) is 0 Å². The van der Waals surface area contributed by atoms with E-state index in [2.05, 4.69) is 23.8 Å². The smallest absolute Gasteiger partial charge is 0.346 e. The number of rotatable bonds is 4. The summed E-state index contributed by atoms with van der Waals surface area (Å²) in [4.78, 5) is 21.5. The molecule has 1 aromatic heterocycles. The first-order chi connectivity index (χ1) is 8.56. The van der Waals surface area contributed by atoms with Crippen LogP contribution in [0.15, 0.2) is 17.5 Å². The van der Waals surface area contributed by atoms with Gasteiger partial charge in [-0.05, 0) is 20.3 Å². The quantitative estimate of drug-likeness (QED) is 0.882. The van der Waals surface area contributed by atoms with Crippen LogP contribution in [0.2, 0.25) is 0 Å². The van der Waals surface area contributed by atoms with Crippen molar-refractivity contribution in [1.29, 1.82) is 0 Å². The van der Waals surface area contributed by atoms with Gasteiger partial charge in [0.2, 0.25) is 0 Å². The Kier molecular flexibility index (Phi) is 3.36. The fourth-order valence-electron chi connectivity index (χ4n) is 2.24. The average Bonchev–Trinajstić information content (AvgIpc) is 2.85. The molecule has 0 bridgehead atoms. The molecule has 1 atom stereocenters. The van der Waals surface area contributed by atoms with Gasteiger partial charge in [0.15, 0.2) is 0 Å². The molecule has 2 heterocycles. The molecule has 0 saturated heterocycles. The van der Waals surface area contributed by atoms with Crippen molar-refractivity contribution in [3.05, 3.63) is 18.2 Å². The normalized spacial score (nSPS) is 19.8. The van der Waals surface area contributed by atoms with Crippen LogP contribution in [0.1, 0.15) is 45.0 Å². The van der Waals surface area contributed by atoms with Gasteiger partial charge in [0, 0.05) is 12.6 Å². The third-order valence-electron chi connectivity index (χ3n) is 3.06. The number of nitrogens with two attached hydrogens (primary N) is 1. The molecule has 18 heavy (non-hydrogen) atoms. The molecule has 0 spiro atoms. The number of amides is 2. The Bertz CT molecular complexity index is 477. The van der Waals surface area contributed by atoms with E-state index in [0.29, 0.717) is 12.4 Å². The lowest BCUT2D eigenvalue weighted by atomic mass is 10.1. The molecule has 1 unspecified atom stereocenters. The van der Waals surface area contributed by atoms with Crippen molar-refractivity contribution in [2.45, 2.75) is 39.3 Å². The van der Waals surface area contributed by atoms with E-state index in [1.165, 1.54) is 0 Å². The van der Waals surface area contributed by atoms with Gasteiger partial charge in [0.05, 0.1) is 18.2 Å². The summed E-state index contributed by atoms with van der Waals surface area (Å²) < 4.78 is 2.02. The second-order valence-corrected chi connectivity index (χ2v) is 4.73. The van der Waals surface area contributed by atoms with Crippen LogP contribution in [0, 0.1) is 0 Å². The van der Waals surface area contributed by atoms with E-state index < -0.39 is 0 Å². The minimum atomic E-state index is -0.276. The molecule has 0 saturated carbocycles. The molecule has 0 aromatic carbocycles. The van der Waals surface area contributed by atoms with Gasteiger partial charge in [-0.1, -0.05) is 6.92 Å². The van der Waals surface area contributed by atoms with Gasteiger partial charge in [-0.15, -0.1) is 0 Å². The zero-order valence-corrected chi connectivity index (χ0v) is 11.0. The van der Waals surface area contributed by atoms with Gasteiger partial charge in [-0.25, -0.2) is 9.78 Å². The third kappa shape index (κ3) is 1.98. The second kappa shape index (κ2) is 4.80. The van der Waals surface area contributed by atoms with E-state index in [0.717, 1.165) is 12.1 Å². The number of hydrogen-bond acceptors (Lipinski definition) is 3. The standard InChI is InChI=1S/C12H19N5O/c1-4-5-16-10(11(13)15-12(16)18)9-6-14-7-17(9)8(2)3/h6-8,10H,4-5H2,1-3H3,(H2,13,15,18). The number of nitrogens with zero attached hydrogens (tertiary/aromatic N) is 4. The molecule has 0 radical (unpaired) electrons. The van der Waals surface area contributed by atoms with E-state index in [1.54, 1.807) is 17.4 Å². The Labute approximate surface area is 107 Å². The lowest BCUT2D eigenvalue weighted by molar-refractivity contribution is 0.204. The lowest BCUT2D eigenvalue weighted by Crippen LogP contribution is -2.35. The van der Waals surface area contributed by atoms with Crippen molar-refractivity contribution in [2.24, 2.45) is 10.7 Å². The predicted octanol–water partition coefficient (Wildman–Crippen LogP) is 1.71. The Morgan fingerprint density at radius 2 is 2.22 bits per heavy atom. The summed E-state index contributed by atoms with van der Waals surface area (Å²) in [5.74, 6) is 0.357. The van der Waals surface area contributed by atoms with Crippen LogP contribution in [0.3, 0.4) is 0 Å². The molecule has 6 nitrogen and oxygen atoms in total. The SMILES string of the molecule is CCCN1C(=O)N=C(N)C1c1cncn1C(C)C. The van der Waals surface area contributed by atoms with Crippen molar-refractivity contribution in [3.63, 3.8) is 0 Å². The summed E-state index contributed by atoms with van der Waals surface area (Å²) >= 11 is 0. The van der Waals surface area contributed by atoms with Crippen molar-refractivity contribution in [3.8, 4) is 0 Å². The van der Waals surface area contributed by atoms with Crippen LogP contribution in [0.4, 0.5) is 4.79 Å². The third-order valence-corrected chi connectivity index (χ3v) is 3.06. The molecule has 1 aromatic rings. The maximum Gasteiger partial charge on any atom is 0.346 e. The Balaban J connectivity index is 2.38. The summed E-state index contributed by atoms with van der Waals surface area (Å²) in [6, 6.07) is -0.257. The Morgan fingerprint density at radius 1 is 1.50 bits per heavy atom. The van der Waals surface area contributed by atoms with Crippen LogP contribution in [-0.2, 0) is 0 Å². The Morgan fingerprint density at radius 3 is 2.83 bits per heavy atom. The molecular weight excluding hydrogens is 230 g/mol. The van der Waals surface area contributed by atoms with Gasteiger partial charge < -0.3 is 15.2 Å². The summed E-state index contributed by atoms with van der Waals surface area (Å²) in [6.07, 6.45) is 4.40. The summed E-state index contributed by atoms with van der Waals surface area (Å²) in [5.41, 5.74) is 6.82. The molecule has 2 amide bonds. The van der Waals surface area contributed by atoms with Crippen molar-refractivity contribution in [1.82, 2.24) is 14.5 Å². The number of hydrogen-bond donors (Lipinski definition) is 1. The van der Waals surface area contributed by atoms with Gasteiger partial charge >= 0.3 is 6.03 Å². The highest BCUT2D eigenvalue weighted by molar-refractivity contribution is 6.03. The van der Waals surface area contributed by atoms with Crippen LogP contribution < -0.4 is 5.73 Å². The molecular formula is C12H19N5O. The number of carbonyl (C=O) groups excluding carboxylic acids is 1. The predicted molar refractivity (Wildman–Crippen MR) is 69.4 cm³/mol. The van der Waals surface area contributed by atoms with E-state index in [4.69, 9.17) is 5.73 Å². The fourth-order valence-corrected chi connectivity index (χ4v) is 2.24. The van der Waals surface area contributed by atoms with Crippen LogP contribution >= 0.6 is 0 Å². The maximum atomic E-state index is 11.8. The first-order valence-corrected chi connectivity index (χ1v) is 6.22. The highest BCUT2D eigenvalue weighted by Crippen LogP contribution is 2.28. The van der Waals surface area contributed by atoms with E-state index in [9.17, 15) is 4.79 Å². The monoisotopic (exact) mass is 249 g/mol. The maximum absolute atomic E-state index is 11.8. The minimum Gasteiger partial charge on any atom is -0.385 e. The van der Waals surface area contributed by atoms with E-state index >= 15 is 0 Å².